The van der Waals surface area contributed by atoms with E-state index < -0.39 is 6.04 Å². The summed E-state index contributed by atoms with van der Waals surface area (Å²) in [7, 11) is 0. The predicted octanol–water partition coefficient (Wildman–Crippen LogP) is 5.60. The normalized spacial score (nSPS) is 35.9. The van der Waals surface area contributed by atoms with Crippen molar-refractivity contribution in [1.82, 2.24) is 10.6 Å². The fraction of sp³-hybridized carbons (Fsp3) is 0.724. The van der Waals surface area contributed by atoms with Crippen LogP contribution in [0.5, 0.6) is 0 Å². The van der Waals surface area contributed by atoms with Crippen LogP contribution in [0.15, 0.2) is 24.3 Å². The molecule has 5 aliphatic rings. The van der Waals surface area contributed by atoms with Crippen LogP contribution in [-0.4, -0.2) is 23.9 Å². The molecule has 0 radical (unpaired) electrons. The Morgan fingerprint density at radius 2 is 1.42 bits per heavy atom. The molecule has 1 aromatic carbocycles. The number of benzene rings is 1. The van der Waals surface area contributed by atoms with Gasteiger partial charge in [0.2, 0.25) is 5.91 Å². The van der Waals surface area contributed by atoms with Gasteiger partial charge in [0.1, 0.15) is 6.04 Å². The molecule has 5 fully saturated rings. The van der Waals surface area contributed by atoms with Crippen LogP contribution in [0.25, 0.3) is 0 Å². The Balaban J connectivity index is 1.23. The SMILES string of the molecule is CC1CCC(NC(=O)C(NC(=O)c2ccc(C34CC5CC(CC(C5)C3)C4)cc2)C(C)C)CC1. The van der Waals surface area contributed by atoms with Crippen molar-refractivity contribution in [3.05, 3.63) is 35.4 Å². The third-order valence-electron chi connectivity index (χ3n) is 9.40. The molecule has 2 N–H and O–H groups in total. The summed E-state index contributed by atoms with van der Waals surface area (Å²) in [6.45, 7) is 6.29. The highest BCUT2D eigenvalue weighted by Gasteiger charge is 2.51. The molecule has 2 amide bonds. The molecule has 0 saturated heterocycles. The average molecular weight is 451 g/mol. The molecular weight excluding hydrogens is 408 g/mol. The number of hydrogen-bond acceptors (Lipinski definition) is 2. The van der Waals surface area contributed by atoms with Gasteiger partial charge >= 0.3 is 0 Å². The number of amides is 2. The minimum absolute atomic E-state index is 0.0388. The summed E-state index contributed by atoms with van der Waals surface area (Å²) in [4.78, 5) is 26.1. The van der Waals surface area contributed by atoms with Gasteiger partial charge in [-0.3, -0.25) is 9.59 Å². The molecule has 0 aliphatic heterocycles. The van der Waals surface area contributed by atoms with E-state index >= 15 is 0 Å². The second-order valence-corrected chi connectivity index (χ2v) is 12.4. The van der Waals surface area contributed by atoms with Crippen LogP contribution < -0.4 is 10.6 Å². The van der Waals surface area contributed by atoms with Crippen LogP contribution in [0.3, 0.4) is 0 Å². The summed E-state index contributed by atoms with van der Waals surface area (Å²) in [5, 5.41) is 6.24. The van der Waals surface area contributed by atoms with E-state index in [2.05, 4.69) is 29.7 Å². The van der Waals surface area contributed by atoms with Gasteiger partial charge in [-0.2, -0.15) is 0 Å². The number of carbonyl (C=O) groups is 2. The zero-order chi connectivity index (χ0) is 23.2. The van der Waals surface area contributed by atoms with E-state index in [-0.39, 0.29) is 23.8 Å². The van der Waals surface area contributed by atoms with Gasteiger partial charge < -0.3 is 10.6 Å². The summed E-state index contributed by atoms with van der Waals surface area (Å²) < 4.78 is 0. The molecule has 1 aromatic rings. The van der Waals surface area contributed by atoms with E-state index in [1.165, 1.54) is 56.9 Å². The summed E-state index contributed by atoms with van der Waals surface area (Å²) in [5.74, 6) is 3.36. The minimum Gasteiger partial charge on any atom is -0.352 e. The van der Waals surface area contributed by atoms with Crippen molar-refractivity contribution in [2.75, 3.05) is 0 Å². The van der Waals surface area contributed by atoms with Gasteiger partial charge in [-0.25, -0.2) is 0 Å². The van der Waals surface area contributed by atoms with Crippen LogP contribution in [0.2, 0.25) is 0 Å². The smallest absolute Gasteiger partial charge is 0.251 e. The Kier molecular flexibility index (Phi) is 6.30. The highest BCUT2D eigenvalue weighted by atomic mass is 16.2. The molecule has 0 spiro atoms. The Bertz CT molecular complexity index is 831. The van der Waals surface area contributed by atoms with E-state index in [0.29, 0.717) is 11.0 Å². The highest BCUT2D eigenvalue weighted by molar-refractivity contribution is 5.97. The highest BCUT2D eigenvalue weighted by Crippen LogP contribution is 2.60. The second-order valence-electron chi connectivity index (χ2n) is 12.4. The molecule has 33 heavy (non-hydrogen) atoms. The standard InChI is InChI=1S/C29H42N2O2/c1-18(2)26(28(33)30-25-10-4-19(3)5-11-25)31-27(32)23-6-8-24(9-7-23)29-15-20-12-21(16-29)14-22(13-20)17-29/h6-9,18-22,25-26H,4-5,10-17H2,1-3H3,(H,30,33)(H,31,32). The van der Waals surface area contributed by atoms with Crippen LogP contribution in [-0.2, 0) is 10.2 Å². The van der Waals surface area contributed by atoms with Crippen molar-refractivity contribution in [3.8, 4) is 0 Å². The molecule has 1 atom stereocenters. The minimum atomic E-state index is -0.500. The van der Waals surface area contributed by atoms with Crippen LogP contribution in [0.1, 0.15) is 101 Å². The molecule has 1 unspecified atom stereocenters. The lowest BCUT2D eigenvalue weighted by molar-refractivity contribution is -0.124. The molecule has 6 rings (SSSR count). The topological polar surface area (TPSA) is 58.2 Å². The van der Waals surface area contributed by atoms with E-state index in [0.717, 1.165) is 36.5 Å². The summed E-state index contributed by atoms with van der Waals surface area (Å²) in [6, 6.07) is 8.12. The van der Waals surface area contributed by atoms with Crippen molar-refractivity contribution >= 4 is 11.8 Å². The third kappa shape index (κ3) is 4.72. The number of nitrogens with one attached hydrogen (secondary N) is 2. The Labute approximate surface area is 199 Å². The second kappa shape index (κ2) is 9.07. The van der Waals surface area contributed by atoms with E-state index in [1.54, 1.807) is 0 Å². The third-order valence-corrected chi connectivity index (χ3v) is 9.40. The summed E-state index contributed by atoms with van der Waals surface area (Å²) in [5.41, 5.74) is 2.44. The molecular formula is C29H42N2O2. The van der Waals surface area contributed by atoms with E-state index in [4.69, 9.17) is 0 Å². The predicted molar refractivity (Wildman–Crippen MR) is 132 cm³/mol. The lowest BCUT2D eigenvalue weighted by atomic mass is 9.48. The first-order valence-corrected chi connectivity index (χ1v) is 13.5. The first-order chi connectivity index (χ1) is 15.8. The summed E-state index contributed by atoms with van der Waals surface area (Å²) >= 11 is 0. The van der Waals surface area contributed by atoms with Crippen LogP contribution in [0.4, 0.5) is 0 Å². The van der Waals surface area contributed by atoms with Gasteiger partial charge in [0.05, 0.1) is 0 Å². The maximum atomic E-state index is 13.1. The molecule has 4 heteroatoms. The Hall–Kier alpha value is -1.84. The largest absolute Gasteiger partial charge is 0.352 e. The maximum absolute atomic E-state index is 13.1. The quantitative estimate of drug-likeness (QED) is 0.592. The van der Waals surface area contributed by atoms with Gasteiger partial charge in [0.25, 0.3) is 5.91 Å². The van der Waals surface area contributed by atoms with Crippen molar-refractivity contribution in [2.24, 2.45) is 29.6 Å². The first kappa shape index (κ1) is 22.9. The average Bonchev–Trinajstić information content (AvgIpc) is 2.78. The van der Waals surface area contributed by atoms with E-state index in [9.17, 15) is 9.59 Å². The molecule has 4 bridgehead atoms. The molecule has 5 saturated carbocycles. The van der Waals surface area contributed by atoms with Gasteiger partial charge in [0.15, 0.2) is 0 Å². The number of hydrogen-bond donors (Lipinski definition) is 2. The van der Waals surface area contributed by atoms with Crippen molar-refractivity contribution in [1.29, 1.82) is 0 Å². The maximum Gasteiger partial charge on any atom is 0.251 e. The number of rotatable bonds is 6. The Morgan fingerprint density at radius 1 is 0.879 bits per heavy atom. The van der Waals surface area contributed by atoms with Gasteiger partial charge in [-0.15, -0.1) is 0 Å². The van der Waals surface area contributed by atoms with Gasteiger partial charge in [0, 0.05) is 11.6 Å². The first-order valence-electron chi connectivity index (χ1n) is 13.5. The van der Waals surface area contributed by atoms with Crippen LogP contribution in [0, 0.1) is 29.6 Å². The van der Waals surface area contributed by atoms with Crippen molar-refractivity contribution in [2.45, 2.75) is 102 Å². The zero-order valence-corrected chi connectivity index (χ0v) is 20.7. The lowest BCUT2D eigenvalue weighted by Gasteiger charge is -2.57. The fourth-order valence-electron chi connectivity index (χ4n) is 7.89. The van der Waals surface area contributed by atoms with E-state index in [1.807, 2.05) is 26.0 Å². The van der Waals surface area contributed by atoms with Gasteiger partial charge in [-0.05, 0) is 117 Å². The van der Waals surface area contributed by atoms with Crippen molar-refractivity contribution in [3.63, 3.8) is 0 Å². The molecule has 0 heterocycles. The molecule has 5 aliphatic carbocycles. The zero-order valence-electron chi connectivity index (χ0n) is 20.7. The number of carbonyl (C=O) groups excluding carboxylic acids is 2. The van der Waals surface area contributed by atoms with Crippen molar-refractivity contribution < 1.29 is 9.59 Å². The monoisotopic (exact) mass is 450 g/mol. The molecule has 4 nitrogen and oxygen atoms in total. The summed E-state index contributed by atoms with van der Waals surface area (Å²) in [6.07, 6.45) is 12.7. The fourth-order valence-corrected chi connectivity index (χ4v) is 7.89. The van der Waals surface area contributed by atoms with Gasteiger partial charge in [-0.1, -0.05) is 32.9 Å². The molecule has 180 valence electrons. The molecule has 0 aromatic heterocycles. The Morgan fingerprint density at radius 3 is 1.94 bits per heavy atom. The lowest BCUT2D eigenvalue weighted by Crippen LogP contribution is -2.52. The van der Waals surface area contributed by atoms with Crippen LogP contribution >= 0.6 is 0 Å².